The van der Waals surface area contributed by atoms with Gasteiger partial charge in [-0.3, -0.25) is 0 Å². The summed E-state index contributed by atoms with van der Waals surface area (Å²) in [6.45, 7) is 1.50. The average molecular weight is 275 g/mol. The van der Waals surface area contributed by atoms with Gasteiger partial charge in [0.2, 0.25) is 0 Å². The zero-order chi connectivity index (χ0) is 13.4. The first kappa shape index (κ1) is 12.2. The molecular weight excluding hydrogens is 262 g/mol. The first-order valence-electron chi connectivity index (χ1n) is 5.87. The predicted molar refractivity (Wildman–Crippen MR) is 73.0 cm³/mol. The molecule has 98 valence electrons. The van der Waals surface area contributed by atoms with Gasteiger partial charge in [-0.05, 0) is 47.3 Å². The van der Waals surface area contributed by atoms with E-state index in [0.29, 0.717) is 0 Å². The fraction of sp³-hybridized carbons (Fsp3) is 0.143. The summed E-state index contributed by atoms with van der Waals surface area (Å²) in [4.78, 5) is 0.787. The van der Waals surface area contributed by atoms with Crippen molar-refractivity contribution in [2.24, 2.45) is 0 Å². The van der Waals surface area contributed by atoms with E-state index in [1.54, 1.807) is 24.3 Å². The van der Waals surface area contributed by atoms with Crippen LogP contribution in [0.25, 0.3) is 0 Å². The Labute approximate surface area is 115 Å². The van der Waals surface area contributed by atoms with Crippen LogP contribution in [0.15, 0.2) is 41.3 Å². The Balaban J connectivity index is 1.76. The Kier molecular flexibility index (Phi) is 3.00. The van der Waals surface area contributed by atoms with Gasteiger partial charge in [-0.15, -0.1) is 0 Å². The summed E-state index contributed by atoms with van der Waals surface area (Å²) in [7, 11) is 0. The van der Waals surface area contributed by atoms with Gasteiger partial charge in [0.25, 0.3) is 0 Å². The highest BCUT2D eigenvalue weighted by molar-refractivity contribution is 7.97. The van der Waals surface area contributed by atoms with E-state index in [9.17, 15) is 15.3 Å². The van der Waals surface area contributed by atoms with Gasteiger partial charge in [-0.2, -0.15) is 0 Å². The highest BCUT2D eigenvalue weighted by Crippen LogP contribution is 2.36. The van der Waals surface area contributed by atoms with E-state index in [-0.39, 0.29) is 17.2 Å². The van der Waals surface area contributed by atoms with Gasteiger partial charge in [0, 0.05) is 24.1 Å². The van der Waals surface area contributed by atoms with E-state index in [0.717, 1.165) is 23.5 Å². The largest absolute Gasteiger partial charge is 0.508 e. The number of hydrogen-bond donors (Lipinski definition) is 3. The second kappa shape index (κ2) is 4.68. The van der Waals surface area contributed by atoms with Crippen molar-refractivity contribution in [1.82, 2.24) is 4.31 Å². The highest BCUT2D eigenvalue weighted by atomic mass is 32.2. The molecule has 0 atom stereocenters. The highest BCUT2D eigenvalue weighted by Gasteiger charge is 2.20. The zero-order valence-corrected chi connectivity index (χ0v) is 10.9. The van der Waals surface area contributed by atoms with Crippen molar-refractivity contribution in [3.63, 3.8) is 0 Å². The number of fused-ring (bicyclic) bond motifs is 1. The lowest BCUT2D eigenvalue weighted by atomic mass is 10.1. The third-order valence-corrected chi connectivity index (χ3v) is 3.96. The van der Waals surface area contributed by atoms with Crippen molar-refractivity contribution in [1.29, 1.82) is 0 Å². The standard InChI is InChI=1S/C14H13NO3S/c16-11-2-1-9-7-15(8-10(9)3-11)19-14-5-12(17)4-13(18)6-14/h1-6,16-18H,7-8H2. The van der Waals surface area contributed by atoms with Crippen LogP contribution in [-0.4, -0.2) is 19.6 Å². The van der Waals surface area contributed by atoms with E-state index < -0.39 is 0 Å². The van der Waals surface area contributed by atoms with Crippen LogP contribution in [0.3, 0.4) is 0 Å². The van der Waals surface area contributed by atoms with Crippen LogP contribution in [0.5, 0.6) is 17.2 Å². The molecule has 2 aromatic carbocycles. The fourth-order valence-electron chi connectivity index (χ4n) is 2.18. The van der Waals surface area contributed by atoms with Crippen LogP contribution < -0.4 is 0 Å². The molecule has 1 aliphatic rings. The minimum Gasteiger partial charge on any atom is -0.508 e. The van der Waals surface area contributed by atoms with Crippen LogP contribution in [0.4, 0.5) is 0 Å². The Bertz CT molecular complexity index is 610. The molecule has 0 unspecified atom stereocenters. The number of benzene rings is 2. The second-order valence-electron chi connectivity index (χ2n) is 4.53. The van der Waals surface area contributed by atoms with Crippen molar-refractivity contribution in [3.8, 4) is 17.2 Å². The SMILES string of the molecule is Oc1cc(O)cc(SN2Cc3ccc(O)cc3C2)c1. The summed E-state index contributed by atoms with van der Waals surface area (Å²) in [6, 6.07) is 9.92. The van der Waals surface area contributed by atoms with Crippen LogP contribution in [0, 0.1) is 0 Å². The van der Waals surface area contributed by atoms with Gasteiger partial charge in [-0.1, -0.05) is 6.07 Å². The molecule has 0 radical (unpaired) electrons. The number of hydrogen-bond acceptors (Lipinski definition) is 5. The molecule has 0 aromatic heterocycles. The Morgan fingerprint density at radius 3 is 2.21 bits per heavy atom. The third kappa shape index (κ3) is 2.62. The second-order valence-corrected chi connectivity index (χ2v) is 5.70. The molecule has 3 N–H and O–H groups in total. The van der Waals surface area contributed by atoms with Crippen LogP contribution in [0.1, 0.15) is 11.1 Å². The first-order valence-corrected chi connectivity index (χ1v) is 6.64. The summed E-state index contributed by atoms with van der Waals surface area (Å²) in [6.07, 6.45) is 0. The molecule has 0 amide bonds. The van der Waals surface area contributed by atoms with E-state index >= 15 is 0 Å². The van der Waals surface area contributed by atoms with E-state index in [1.807, 2.05) is 6.07 Å². The third-order valence-electron chi connectivity index (χ3n) is 2.99. The van der Waals surface area contributed by atoms with Gasteiger partial charge in [-0.25, -0.2) is 4.31 Å². The zero-order valence-electron chi connectivity index (χ0n) is 10.1. The van der Waals surface area contributed by atoms with Crippen LogP contribution in [0.2, 0.25) is 0 Å². The molecule has 0 saturated heterocycles. The maximum Gasteiger partial charge on any atom is 0.120 e. The van der Waals surface area contributed by atoms with Gasteiger partial charge < -0.3 is 15.3 Å². The van der Waals surface area contributed by atoms with Crippen molar-refractivity contribution in [2.45, 2.75) is 18.0 Å². The van der Waals surface area contributed by atoms with Gasteiger partial charge in [0.05, 0.1) is 0 Å². The lowest BCUT2D eigenvalue weighted by Crippen LogP contribution is -2.05. The first-order chi connectivity index (χ1) is 9.10. The molecule has 5 heteroatoms. The van der Waals surface area contributed by atoms with Gasteiger partial charge in [0.1, 0.15) is 17.2 Å². The number of nitrogens with zero attached hydrogens (tertiary/aromatic N) is 1. The Morgan fingerprint density at radius 2 is 1.47 bits per heavy atom. The molecule has 1 aliphatic heterocycles. The molecule has 4 nitrogen and oxygen atoms in total. The quantitative estimate of drug-likeness (QED) is 0.736. The summed E-state index contributed by atoms with van der Waals surface area (Å²) >= 11 is 1.47. The molecule has 0 spiro atoms. The summed E-state index contributed by atoms with van der Waals surface area (Å²) in [5, 5.41) is 28.4. The lowest BCUT2D eigenvalue weighted by molar-refractivity contribution is 0.447. The number of rotatable bonds is 2. The van der Waals surface area contributed by atoms with E-state index in [4.69, 9.17) is 0 Å². The topological polar surface area (TPSA) is 63.9 Å². The van der Waals surface area contributed by atoms with Crippen molar-refractivity contribution in [2.75, 3.05) is 0 Å². The molecule has 0 saturated carbocycles. The molecule has 0 aliphatic carbocycles. The molecule has 0 fully saturated rings. The Hall–Kier alpha value is -1.85. The average Bonchev–Trinajstić information content (AvgIpc) is 2.68. The predicted octanol–water partition coefficient (Wildman–Crippen LogP) is 2.83. The summed E-state index contributed by atoms with van der Waals surface area (Å²) in [5.41, 5.74) is 2.30. The fourth-order valence-corrected chi connectivity index (χ4v) is 3.24. The molecule has 3 rings (SSSR count). The number of phenols is 3. The van der Waals surface area contributed by atoms with E-state index in [1.165, 1.54) is 23.6 Å². The molecule has 0 bridgehead atoms. The lowest BCUT2D eigenvalue weighted by Gasteiger charge is -2.13. The maximum atomic E-state index is 9.45. The van der Waals surface area contributed by atoms with Crippen LogP contribution in [-0.2, 0) is 13.1 Å². The van der Waals surface area contributed by atoms with E-state index in [2.05, 4.69) is 4.31 Å². The van der Waals surface area contributed by atoms with Crippen molar-refractivity contribution in [3.05, 3.63) is 47.5 Å². The molecule has 19 heavy (non-hydrogen) atoms. The van der Waals surface area contributed by atoms with Crippen LogP contribution >= 0.6 is 11.9 Å². The Morgan fingerprint density at radius 1 is 0.789 bits per heavy atom. The minimum atomic E-state index is 0.0526. The molecular formula is C14H13NO3S. The number of aromatic hydroxyl groups is 3. The summed E-state index contributed by atoms with van der Waals surface area (Å²) in [5.74, 6) is 0.384. The smallest absolute Gasteiger partial charge is 0.120 e. The molecule has 1 heterocycles. The van der Waals surface area contributed by atoms with Gasteiger partial charge >= 0.3 is 0 Å². The summed E-state index contributed by atoms with van der Waals surface area (Å²) < 4.78 is 2.11. The minimum absolute atomic E-state index is 0.0526. The normalized spacial score (nSPS) is 14.5. The van der Waals surface area contributed by atoms with Crippen molar-refractivity contribution >= 4 is 11.9 Å². The number of phenolic OH excluding ortho intramolecular Hbond substituents is 3. The maximum absolute atomic E-state index is 9.45. The molecule has 2 aromatic rings. The monoisotopic (exact) mass is 275 g/mol. The van der Waals surface area contributed by atoms with Crippen molar-refractivity contribution < 1.29 is 15.3 Å². The van der Waals surface area contributed by atoms with Gasteiger partial charge in [0.15, 0.2) is 0 Å².